The zero-order valence-corrected chi connectivity index (χ0v) is 13.8. The number of furan rings is 1. The van der Waals surface area contributed by atoms with Crippen LogP contribution in [-0.4, -0.2) is 37.5 Å². The van der Waals surface area contributed by atoms with Crippen LogP contribution in [0.15, 0.2) is 39.5 Å². The second-order valence-corrected chi connectivity index (χ2v) is 5.95. The van der Waals surface area contributed by atoms with Crippen molar-refractivity contribution in [1.82, 2.24) is 25.0 Å². The van der Waals surface area contributed by atoms with Gasteiger partial charge in [-0.1, -0.05) is 5.16 Å². The molecule has 0 saturated carbocycles. The maximum Gasteiger partial charge on any atom is 0.290 e. The van der Waals surface area contributed by atoms with E-state index in [0.29, 0.717) is 35.6 Å². The first-order chi connectivity index (χ1) is 12.2. The molecule has 4 heterocycles. The Morgan fingerprint density at radius 3 is 2.80 bits per heavy atom. The van der Waals surface area contributed by atoms with E-state index in [-0.39, 0.29) is 11.9 Å². The molecule has 128 valence electrons. The van der Waals surface area contributed by atoms with Gasteiger partial charge in [-0.05, 0) is 44.4 Å². The van der Waals surface area contributed by atoms with Crippen LogP contribution in [0.1, 0.15) is 47.5 Å². The van der Waals surface area contributed by atoms with Gasteiger partial charge in [0.2, 0.25) is 17.5 Å². The van der Waals surface area contributed by atoms with Crippen molar-refractivity contribution in [2.45, 2.75) is 32.2 Å². The van der Waals surface area contributed by atoms with Crippen molar-refractivity contribution in [3.63, 3.8) is 0 Å². The van der Waals surface area contributed by atoms with Gasteiger partial charge in [0, 0.05) is 18.9 Å². The van der Waals surface area contributed by atoms with Gasteiger partial charge in [-0.25, -0.2) is 9.97 Å². The first kappa shape index (κ1) is 15.5. The van der Waals surface area contributed by atoms with E-state index in [1.54, 1.807) is 35.5 Å². The maximum absolute atomic E-state index is 12.8. The molecule has 1 amide bonds. The Kier molecular flexibility index (Phi) is 4.01. The Morgan fingerprint density at radius 2 is 2.04 bits per heavy atom. The molecular weight excluding hydrogens is 322 g/mol. The number of amides is 1. The van der Waals surface area contributed by atoms with Crippen molar-refractivity contribution < 1.29 is 13.7 Å². The summed E-state index contributed by atoms with van der Waals surface area (Å²) in [6, 6.07) is 4.93. The number of likely N-dealkylation sites (tertiary alicyclic amines) is 1. The quantitative estimate of drug-likeness (QED) is 0.723. The van der Waals surface area contributed by atoms with E-state index in [2.05, 4.69) is 20.1 Å². The van der Waals surface area contributed by atoms with Crippen molar-refractivity contribution in [2.75, 3.05) is 6.54 Å². The molecule has 0 aliphatic carbocycles. The summed E-state index contributed by atoms with van der Waals surface area (Å²) in [4.78, 5) is 27.2. The van der Waals surface area contributed by atoms with Crippen LogP contribution in [0.3, 0.4) is 0 Å². The van der Waals surface area contributed by atoms with Gasteiger partial charge >= 0.3 is 0 Å². The number of hydrogen-bond acceptors (Lipinski definition) is 7. The summed E-state index contributed by atoms with van der Waals surface area (Å²) in [7, 11) is 0. The molecule has 3 aromatic heterocycles. The van der Waals surface area contributed by atoms with Gasteiger partial charge in [0.25, 0.3) is 5.91 Å². The Bertz CT molecular complexity index is 873. The van der Waals surface area contributed by atoms with E-state index in [1.807, 2.05) is 6.92 Å². The second kappa shape index (κ2) is 6.46. The monoisotopic (exact) mass is 339 g/mol. The molecule has 3 aromatic rings. The Morgan fingerprint density at radius 1 is 1.20 bits per heavy atom. The van der Waals surface area contributed by atoms with Crippen molar-refractivity contribution in [3.8, 4) is 11.6 Å². The minimum absolute atomic E-state index is 0.159. The normalized spacial score (nSPS) is 17.6. The van der Waals surface area contributed by atoms with Crippen molar-refractivity contribution in [2.24, 2.45) is 0 Å². The topological polar surface area (TPSA) is 98.2 Å². The van der Waals surface area contributed by atoms with Crippen LogP contribution < -0.4 is 0 Å². The molecule has 8 nitrogen and oxygen atoms in total. The molecule has 4 rings (SSSR count). The largest absolute Gasteiger partial charge is 0.456 e. The van der Waals surface area contributed by atoms with Crippen LogP contribution in [0.25, 0.3) is 11.6 Å². The van der Waals surface area contributed by atoms with Crippen molar-refractivity contribution >= 4 is 5.91 Å². The van der Waals surface area contributed by atoms with Gasteiger partial charge in [0.15, 0.2) is 5.76 Å². The fraction of sp³-hybridized carbons (Fsp3) is 0.353. The lowest BCUT2D eigenvalue weighted by molar-refractivity contribution is 0.0528. The molecular formula is C17H17N5O3. The molecule has 1 fully saturated rings. The molecule has 0 N–H and O–H groups in total. The summed E-state index contributed by atoms with van der Waals surface area (Å²) in [6.45, 7) is 2.44. The van der Waals surface area contributed by atoms with Gasteiger partial charge in [0.05, 0.1) is 0 Å². The highest BCUT2D eigenvalue weighted by atomic mass is 16.5. The average molecular weight is 339 g/mol. The standard InChI is InChI=1S/C17H17N5O3/c1-11-6-7-13(24-11)17(23)22-10-3-2-5-12(22)16-20-15(21-25-16)14-18-8-4-9-19-14/h4,6-9,12H,2-3,5,10H2,1H3/t12-/m1/s1. The third-order valence-corrected chi connectivity index (χ3v) is 4.21. The zero-order chi connectivity index (χ0) is 17.2. The Balaban J connectivity index is 1.61. The number of aromatic nitrogens is 4. The summed E-state index contributed by atoms with van der Waals surface area (Å²) >= 11 is 0. The zero-order valence-electron chi connectivity index (χ0n) is 13.8. The molecule has 0 bridgehead atoms. The van der Waals surface area contributed by atoms with Gasteiger partial charge in [-0.2, -0.15) is 4.98 Å². The first-order valence-electron chi connectivity index (χ1n) is 8.21. The molecule has 1 aliphatic rings. The van der Waals surface area contributed by atoms with E-state index in [1.165, 1.54) is 0 Å². The molecule has 0 radical (unpaired) electrons. The SMILES string of the molecule is Cc1ccc(C(=O)N2CCCC[C@@H]2c2nc(-c3ncccn3)no2)o1. The Labute approximate surface area is 143 Å². The predicted octanol–water partition coefficient (Wildman–Crippen LogP) is 2.80. The molecule has 25 heavy (non-hydrogen) atoms. The highest BCUT2D eigenvalue weighted by Crippen LogP contribution is 2.32. The highest BCUT2D eigenvalue weighted by molar-refractivity contribution is 5.91. The molecule has 8 heteroatoms. The minimum Gasteiger partial charge on any atom is -0.456 e. The second-order valence-electron chi connectivity index (χ2n) is 5.95. The molecule has 1 aliphatic heterocycles. The van der Waals surface area contributed by atoms with Crippen LogP contribution in [0.4, 0.5) is 0 Å². The number of rotatable bonds is 3. The highest BCUT2D eigenvalue weighted by Gasteiger charge is 2.34. The lowest BCUT2D eigenvalue weighted by Gasteiger charge is -2.32. The molecule has 0 aromatic carbocycles. The van der Waals surface area contributed by atoms with Gasteiger partial charge < -0.3 is 13.8 Å². The summed E-state index contributed by atoms with van der Waals surface area (Å²) in [5.74, 6) is 2.00. The number of hydrogen-bond donors (Lipinski definition) is 0. The number of nitrogens with zero attached hydrogens (tertiary/aromatic N) is 5. The van der Waals surface area contributed by atoms with E-state index >= 15 is 0 Å². The molecule has 1 saturated heterocycles. The number of carbonyl (C=O) groups is 1. The smallest absolute Gasteiger partial charge is 0.290 e. The van der Waals surface area contributed by atoms with Crippen LogP contribution >= 0.6 is 0 Å². The molecule has 0 unspecified atom stereocenters. The minimum atomic E-state index is -0.267. The van der Waals surface area contributed by atoms with Crippen molar-refractivity contribution in [3.05, 3.63) is 48.0 Å². The number of carbonyl (C=O) groups excluding carboxylic acids is 1. The summed E-state index contributed by atoms with van der Waals surface area (Å²) in [5, 5.41) is 3.96. The Hall–Kier alpha value is -3.03. The summed E-state index contributed by atoms with van der Waals surface area (Å²) in [5.41, 5.74) is 0. The van der Waals surface area contributed by atoms with Crippen molar-refractivity contribution in [1.29, 1.82) is 0 Å². The lowest BCUT2D eigenvalue weighted by Crippen LogP contribution is -2.38. The summed E-state index contributed by atoms with van der Waals surface area (Å²) in [6.07, 6.45) is 5.93. The van der Waals surface area contributed by atoms with Crippen LogP contribution in [0.5, 0.6) is 0 Å². The molecule has 1 atom stereocenters. The van der Waals surface area contributed by atoms with E-state index in [9.17, 15) is 4.79 Å². The number of aryl methyl sites for hydroxylation is 1. The van der Waals surface area contributed by atoms with E-state index in [4.69, 9.17) is 8.94 Å². The molecule has 0 spiro atoms. The van der Waals surface area contributed by atoms with Gasteiger partial charge in [-0.3, -0.25) is 4.79 Å². The van der Waals surface area contributed by atoms with E-state index < -0.39 is 0 Å². The average Bonchev–Trinajstić information content (AvgIpc) is 3.31. The van der Waals surface area contributed by atoms with E-state index in [0.717, 1.165) is 19.3 Å². The predicted molar refractivity (Wildman–Crippen MR) is 86.4 cm³/mol. The van der Waals surface area contributed by atoms with Crippen LogP contribution in [-0.2, 0) is 0 Å². The third-order valence-electron chi connectivity index (χ3n) is 4.21. The first-order valence-corrected chi connectivity index (χ1v) is 8.21. The maximum atomic E-state index is 12.8. The van der Waals surface area contributed by atoms with Gasteiger partial charge in [-0.15, -0.1) is 0 Å². The number of piperidine rings is 1. The third kappa shape index (κ3) is 3.02. The summed E-state index contributed by atoms with van der Waals surface area (Å²) < 4.78 is 10.9. The lowest BCUT2D eigenvalue weighted by atomic mass is 10.0. The fourth-order valence-corrected chi connectivity index (χ4v) is 3.00. The van der Waals surface area contributed by atoms with Crippen LogP contribution in [0, 0.1) is 6.92 Å². The van der Waals surface area contributed by atoms with Crippen LogP contribution in [0.2, 0.25) is 0 Å². The fourth-order valence-electron chi connectivity index (χ4n) is 3.00. The van der Waals surface area contributed by atoms with Gasteiger partial charge in [0.1, 0.15) is 11.8 Å².